The predicted octanol–water partition coefficient (Wildman–Crippen LogP) is 2.17. The van der Waals surface area contributed by atoms with Crippen LogP contribution in [-0.2, 0) is 20.6 Å². The Morgan fingerprint density at radius 1 is 0.923 bits per heavy atom. The summed E-state index contributed by atoms with van der Waals surface area (Å²) in [4.78, 5) is 7.18. The number of aromatic nitrogens is 2. The minimum Gasteiger partial charge on any atom is -0.381 e. The Morgan fingerprint density at radius 2 is 1.62 bits per heavy atom. The van der Waals surface area contributed by atoms with Crippen molar-refractivity contribution < 1.29 is 18.7 Å². The number of hydrogen-bond donors (Lipinski definition) is 0. The van der Waals surface area contributed by atoms with Crippen molar-refractivity contribution >= 4 is 0 Å². The summed E-state index contributed by atoms with van der Waals surface area (Å²) in [5, 5.41) is 4.12. The van der Waals surface area contributed by atoms with E-state index in [4.69, 9.17) is 18.7 Å². The van der Waals surface area contributed by atoms with Gasteiger partial charge >= 0.3 is 0 Å². The Morgan fingerprint density at radius 3 is 2.35 bits per heavy atom. The van der Waals surface area contributed by atoms with Crippen LogP contribution < -0.4 is 0 Å². The van der Waals surface area contributed by atoms with Gasteiger partial charge in [-0.05, 0) is 38.5 Å². The van der Waals surface area contributed by atoms with Gasteiger partial charge < -0.3 is 23.6 Å². The van der Waals surface area contributed by atoms with E-state index in [1.807, 2.05) is 0 Å². The molecule has 0 bridgehead atoms. The van der Waals surface area contributed by atoms with Gasteiger partial charge in [-0.1, -0.05) is 5.16 Å². The first-order valence-electron chi connectivity index (χ1n) is 10.2. The van der Waals surface area contributed by atoms with E-state index in [2.05, 4.69) is 15.0 Å². The molecule has 26 heavy (non-hydrogen) atoms. The third-order valence-electron chi connectivity index (χ3n) is 5.92. The highest BCUT2D eigenvalue weighted by Gasteiger charge is 2.27. The zero-order valence-electron chi connectivity index (χ0n) is 15.6. The Bertz CT molecular complexity index is 533. The van der Waals surface area contributed by atoms with Crippen molar-refractivity contribution in [3.8, 4) is 0 Å². The molecule has 7 nitrogen and oxygen atoms in total. The van der Waals surface area contributed by atoms with Crippen LogP contribution >= 0.6 is 0 Å². The molecule has 7 heteroatoms. The minimum absolute atomic E-state index is 0.362. The zero-order valence-corrected chi connectivity index (χ0v) is 15.6. The number of ether oxygens (including phenoxy) is 3. The largest absolute Gasteiger partial charge is 0.381 e. The molecule has 0 unspecified atom stereocenters. The molecule has 146 valence electrons. The summed E-state index contributed by atoms with van der Waals surface area (Å²) in [5.74, 6) is 1.90. The lowest BCUT2D eigenvalue weighted by molar-refractivity contribution is -0.0217. The molecule has 0 amide bonds. The smallest absolute Gasteiger partial charge is 0.229 e. The molecule has 3 saturated heterocycles. The van der Waals surface area contributed by atoms with Crippen molar-refractivity contribution in [3.63, 3.8) is 0 Å². The molecular weight excluding hydrogens is 334 g/mol. The second kappa shape index (κ2) is 9.26. The van der Waals surface area contributed by atoms with Crippen LogP contribution in [0.25, 0.3) is 0 Å². The van der Waals surface area contributed by atoms with Crippen molar-refractivity contribution in [2.24, 2.45) is 0 Å². The fourth-order valence-corrected chi connectivity index (χ4v) is 4.25. The zero-order chi connectivity index (χ0) is 17.6. The van der Waals surface area contributed by atoms with Gasteiger partial charge in [0, 0.05) is 57.9 Å². The fraction of sp³-hybridized carbons (Fsp3) is 0.895. The van der Waals surface area contributed by atoms with E-state index in [9.17, 15) is 0 Å². The van der Waals surface area contributed by atoms with Crippen molar-refractivity contribution in [2.75, 3.05) is 46.1 Å². The molecule has 4 rings (SSSR count). The van der Waals surface area contributed by atoms with Gasteiger partial charge in [0.1, 0.15) is 0 Å². The molecule has 3 fully saturated rings. The van der Waals surface area contributed by atoms with Gasteiger partial charge in [-0.3, -0.25) is 0 Å². The summed E-state index contributed by atoms with van der Waals surface area (Å²) in [6.45, 7) is 6.38. The molecule has 4 heterocycles. The summed E-state index contributed by atoms with van der Waals surface area (Å²) in [6, 6.07) is 0.715. The quantitative estimate of drug-likeness (QED) is 0.765. The van der Waals surface area contributed by atoms with Crippen molar-refractivity contribution in [3.05, 3.63) is 11.7 Å². The third-order valence-corrected chi connectivity index (χ3v) is 5.92. The molecule has 0 radical (unpaired) electrons. The van der Waals surface area contributed by atoms with Gasteiger partial charge in [0.25, 0.3) is 0 Å². The molecule has 1 aromatic heterocycles. The van der Waals surface area contributed by atoms with Gasteiger partial charge in [0.2, 0.25) is 5.89 Å². The van der Waals surface area contributed by atoms with Crippen LogP contribution in [0.4, 0.5) is 0 Å². The molecule has 0 aromatic carbocycles. The van der Waals surface area contributed by atoms with E-state index in [1.54, 1.807) is 0 Å². The topological polar surface area (TPSA) is 69.9 Å². The molecule has 0 atom stereocenters. The van der Waals surface area contributed by atoms with E-state index >= 15 is 0 Å². The first kappa shape index (κ1) is 18.3. The lowest BCUT2D eigenvalue weighted by Crippen LogP contribution is -2.45. The lowest BCUT2D eigenvalue weighted by atomic mass is 10.0. The normalized spacial score (nSPS) is 24.9. The van der Waals surface area contributed by atoms with Gasteiger partial charge in [0.15, 0.2) is 5.82 Å². The van der Waals surface area contributed by atoms with Gasteiger partial charge in [-0.15, -0.1) is 0 Å². The van der Waals surface area contributed by atoms with Gasteiger partial charge in [0.05, 0.1) is 12.7 Å². The summed E-state index contributed by atoms with van der Waals surface area (Å²) in [5.41, 5.74) is 0. The lowest BCUT2D eigenvalue weighted by Gasteiger charge is -2.39. The van der Waals surface area contributed by atoms with E-state index in [0.717, 1.165) is 83.3 Å². The molecule has 0 saturated carbocycles. The number of nitrogens with zero attached hydrogens (tertiary/aromatic N) is 3. The van der Waals surface area contributed by atoms with Gasteiger partial charge in [-0.25, -0.2) is 0 Å². The summed E-state index contributed by atoms with van der Waals surface area (Å²) < 4.78 is 22.4. The number of hydrogen-bond acceptors (Lipinski definition) is 7. The molecule has 0 N–H and O–H groups in total. The molecule has 0 spiro atoms. The number of likely N-dealkylation sites (tertiary alicyclic amines) is 1. The Kier molecular flexibility index (Phi) is 6.53. The maximum atomic E-state index is 6.08. The van der Waals surface area contributed by atoms with E-state index < -0.39 is 0 Å². The number of piperidine rings is 1. The predicted molar refractivity (Wildman–Crippen MR) is 95.2 cm³/mol. The average molecular weight is 365 g/mol. The first-order valence-corrected chi connectivity index (χ1v) is 10.2. The maximum Gasteiger partial charge on any atom is 0.229 e. The summed E-state index contributed by atoms with van der Waals surface area (Å²) in [7, 11) is 0. The fourth-order valence-electron chi connectivity index (χ4n) is 4.25. The van der Waals surface area contributed by atoms with Crippen molar-refractivity contribution in [2.45, 2.75) is 63.0 Å². The van der Waals surface area contributed by atoms with Crippen molar-refractivity contribution in [1.29, 1.82) is 0 Å². The van der Waals surface area contributed by atoms with Crippen LogP contribution in [0, 0.1) is 0 Å². The monoisotopic (exact) mass is 365 g/mol. The first-order chi connectivity index (χ1) is 12.9. The second-order valence-electron chi connectivity index (χ2n) is 7.64. The maximum absolute atomic E-state index is 6.08. The third kappa shape index (κ3) is 4.82. The Hall–Kier alpha value is -1.02. The summed E-state index contributed by atoms with van der Waals surface area (Å²) in [6.07, 6.45) is 7.65. The molecule has 0 aliphatic carbocycles. The van der Waals surface area contributed by atoms with Crippen LogP contribution in [0.5, 0.6) is 0 Å². The Balaban J connectivity index is 1.15. The van der Waals surface area contributed by atoms with Crippen LogP contribution in [0.1, 0.15) is 56.2 Å². The number of rotatable bonds is 6. The Labute approximate surface area is 155 Å². The highest BCUT2D eigenvalue weighted by molar-refractivity contribution is 4.95. The average Bonchev–Trinajstić information content (AvgIpc) is 3.19. The van der Waals surface area contributed by atoms with Crippen LogP contribution in [0.3, 0.4) is 0 Å². The van der Waals surface area contributed by atoms with Crippen molar-refractivity contribution in [1.82, 2.24) is 15.0 Å². The molecule has 3 aliphatic heterocycles. The van der Waals surface area contributed by atoms with Crippen LogP contribution in [0.2, 0.25) is 0 Å². The van der Waals surface area contributed by atoms with E-state index in [1.165, 1.54) is 12.8 Å². The molecule has 3 aliphatic rings. The molecule has 1 aromatic rings. The van der Waals surface area contributed by atoms with E-state index in [-0.39, 0.29) is 0 Å². The van der Waals surface area contributed by atoms with Gasteiger partial charge in [-0.2, -0.15) is 4.98 Å². The standard InChI is InChI=1S/C19H31N3O4/c1-8-22(16-5-12-24-13-6-16)9-2-17(1)25-14-7-18-20-19(26-21-18)15-3-10-23-11-4-15/h15-17H,1-14H2. The van der Waals surface area contributed by atoms with Crippen LogP contribution in [-0.4, -0.2) is 73.3 Å². The van der Waals surface area contributed by atoms with Crippen LogP contribution in [0.15, 0.2) is 4.52 Å². The second-order valence-corrected chi connectivity index (χ2v) is 7.64. The molecular formula is C19H31N3O4. The highest BCUT2D eigenvalue weighted by Crippen LogP contribution is 2.25. The minimum atomic E-state index is 0.362. The van der Waals surface area contributed by atoms with E-state index in [0.29, 0.717) is 24.7 Å². The SMILES string of the molecule is C1CC(c2nc(CCOC3CCN(C4CCOCC4)CC3)no2)CCO1. The summed E-state index contributed by atoms with van der Waals surface area (Å²) >= 11 is 0. The highest BCUT2D eigenvalue weighted by atomic mass is 16.5.